The molecule has 160 valence electrons. The number of benzene rings is 1. The van der Waals surface area contributed by atoms with Crippen molar-refractivity contribution in [2.45, 2.75) is 38.1 Å². The molecule has 0 radical (unpaired) electrons. The van der Waals surface area contributed by atoms with Crippen molar-refractivity contribution in [3.8, 4) is 17.2 Å². The zero-order valence-electron chi connectivity index (χ0n) is 17.4. The molecule has 2 aromatic rings. The number of fused-ring (bicyclic) bond motifs is 1. The molecule has 8 heteroatoms. The molecule has 1 saturated heterocycles. The molecule has 0 unspecified atom stereocenters. The van der Waals surface area contributed by atoms with E-state index in [4.69, 9.17) is 14.2 Å². The van der Waals surface area contributed by atoms with E-state index in [1.165, 1.54) is 0 Å². The Bertz CT molecular complexity index is 965. The summed E-state index contributed by atoms with van der Waals surface area (Å²) in [4.78, 5) is 30.9. The predicted molar refractivity (Wildman–Crippen MR) is 110 cm³/mol. The molecule has 2 aliphatic rings. The second kappa shape index (κ2) is 8.77. The fourth-order valence-corrected chi connectivity index (χ4v) is 4.39. The van der Waals surface area contributed by atoms with E-state index < -0.39 is 0 Å². The van der Waals surface area contributed by atoms with Gasteiger partial charge < -0.3 is 23.7 Å². The summed E-state index contributed by atoms with van der Waals surface area (Å²) in [6, 6.07) is 6.97. The normalized spacial score (nSPS) is 18.1. The van der Waals surface area contributed by atoms with Crippen molar-refractivity contribution >= 4 is 5.91 Å². The number of amides is 1. The summed E-state index contributed by atoms with van der Waals surface area (Å²) >= 11 is 0. The number of rotatable bonds is 6. The van der Waals surface area contributed by atoms with Crippen LogP contribution >= 0.6 is 0 Å². The van der Waals surface area contributed by atoms with Gasteiger partial charge in [0.15, 0.2) is 18.1 Å². The topological polar surface area (TPSA) is 82.9 Å². The first kappa shape index (κ1) is 20.3. The quantitative estimate of drug-likeness (QED) is 0.720. The molecule has 0 bridgehead atoms. The van der Waals surface area contributed by atoms with Gasteiger partial charge in [-0.3, -0.25) is 9.59 Å². The van der Waals surface area contributed by atoms with Gasteiger partial charge in [0.2, 0.25) is 5.75 Å². The Morgan fingerprint density at radius 1 is 1.17 bits per heavy atom. The average molecular weight is 413 g/mol. The van der Waals surface area contributed by atoms with Gasteiger partial charge >= 0.3 is 0 Å². The van der Waals surface area contributed by atoms with Crippen molar-refractivity contribution in [2.75, 3.05) is 33.9 Å². The first-order valence-electron chi connectivity index (χ1n) is 10.3. The van der Waals surface area contributed by atoms with Crippen molar-refractivity contribution < 1.29 is 19.0 Å². The number of aromatic nitrogens is 2. The number of para-hydroxylation sites is 1. The van der Waals surface area contributed by atoms with Crippen LogP contribution < -0.4 is 19.8 Å². The number of hydrogen-bond acceptors (Lipinski definition) is 6. The minimum atomic E-state index is -0.187. The zero-order chi connectivity index (χ0) is 21.1. The van der Waals surface area contributed by atoms with Gasteiger partial charge in [-0.2, -0.15) is 4.98 Å². The second-order valence-corrected chi connectivity index (χ2v) is 7.65. The van der Waals surface area contributed by atoms with Crippen LogP contribution in [-0.4, -0.2) is 54.3 Å². The van der Waals surface area contributed by atoms with Crippen molar-refractivity contribution in [1.82, 2.24) is 14.5 Å². The van der Waals surface area contributed by atoms with Gasteiger partial charge in [0.05, 0.1) is 14.2 Å². The maximum absolute atomic E-state index is 12.9. The molecule has 0 spiro atoms. The fraction of sp³-hybridized carbons (Fsp3) is 0.500. The molecular formula is C22H27N3O5. The van der Waals surface area contributed by atoms with Crippen LogP contribution in [0.15, 0.2) is 29.1 Å². The summed E-state index contributed by atoms with van der Waals surface area (Å²) in [5.41, 5.74) is 0.820. The van der Waals surface area contributed by atoms with Crippen molar-refractivity contribution in [3.05, 3.63) is 46.1 Å². The van der Waals surface area contributed by atoms with Gasteiger partial charge in [-0.25, -0.2) is 0 Å². The molecule has 0 N–H and O–H groups in total. The molecule has 1 fully saturated rings. The van der Waals surface area contributed by atoms with E-state index in [1.54, 1.807) is 38.5 Å². The lowest BCUT2D eigenvalue weighted by atomic mass is 9.94. The van der Waals surface area contributed by atoms with Crippen LogP contribution in [-0.2, 0) is 17.8 Å². The number of likely N-dealkylation sites (tertiary alicyclic amines) is 1. The Morgan fingerprint density at radius 2 is 1.93 bits per heavy atom. The molecule has 1 atom stereocenters. The Balaban J connectivity index is 1.46. The Labute approximate surface area is 175 Å². The highest BCUT2D eigenvalue weighted by molar-refractivity contribution is 5.78. The van der Waals surface area contributed by atoms with Gasteiger partial charge in [-0.15, -0.1) is 0 Å². The van der Waals surface area contributed by atoms with Crippen LogP contribution in [0, 0.1) is 0 Å². The van der Waals surface area contributed by atoms with E-state index in [1.807, 2.05) is 4.90 Å². The zero-order valence-corrected chi connectivity index (χ0v) is 17.4. The average Bonchev–Trinajstić information content (AvgIpc) is 3.25. The summed E-state index contributed by atoms with van der Waals surface area (Å²) < 4.78 is 18.6. The third-order valence-corrected chi connectivity index (χ3v) is 5.83. The molecule has 2 aliphatic heterocycles. The SMILES string of the molecule is COc1cccc(OC)c1OCC(=O)N1CCC[C@@H](c2cc(=O)nc3n2CCC3)C1. The largest absolute Gasteiger partial charge is 0.493 e. The van der Waals surface area contributed by atoms with Crippen LogP contribution in [0.2, 0.25) is 0 Å². The molecule has 3 heterocycles. The van der Waals surface area contributed by atoms with E-state index >= 15 is 0 Å². The third kappa shape index (κ3) is 3.99. The summed E-state index contributed by atoms with van der Waals surface area (Å²) in [6.45, 7) is 2.05. The second-order valence-electron chi connectivity index (χ2n) is 7.65. The third-order valence-electron chi connectivity index (χ3n) is 5.83. The first-order chi connectivity index (χ1) is 14.6. The smallest absolute Gasteiger partial charge is 0.273 e. The van der Waals surface area contributed by atoms with Crippen molar-refractivity contribution in [2.24, 2.45) is 0 Å². The lowest BCUT2D eigenvalue weighted by Gasteiger charge is -2.34. The number of carbonyl (C=O) groups is 1. The van der Waals surface area contributed by atoms with Gasteiger partial charge in [0, 0.05) is 43.7 Å². The Morgan fingerprint density at radius 3 is 2.67 bits per heavy atom. The Hall–Kier alpha value is -3.03. The van der Waals surface area contributed by atoms with Crippen LogP contribution in [0.25, 0.3) is 0 Å². The summed E-state index contributed by atoms with van der Waals surface area (Å²) in [5, 5.41) is 0. The monoisotopic (exact) mass is 413 g/mol. The number of carbonyl (C=O) groups excluding carboxylic acids is 1. The predicted octanol–water partition coefficient (Wildman–Crippen LogP) is 1.99. The van der Waals surface area contributed by atoms with E-state index in [0.29, 0.717) is 30.3 Å². The maximum Gasteiger partial charge on any atom is 0.273 e. The van der Waals surface area contributed by atoms with E-state index in [9.17, 15) is 9.59 Å². The molecule has 0 aliphatic carbocycles. The highest BCUT2D eigenvalue weighted by atomic mass is 16.5. The molecule has 1 aromatic carbocycles. The number of ether oxygens (including phenoxy) is 3. The highest BCUT2D eigenvalue weighted by Crippen LogP contribution is 2.37. The number of methoxy groups -OCH3 is 2. The van der Waals surface area contributed by atoms with E-state index in [2.05, 4.69) is 9.55 Å². The molecule has 8 nitrogen and oxygen atoms in total. The summed E-state index contributed by atoms with van der Waals surface area (Å²) in [5.74, 6) is 2.37. The number of aryl methyl sites for hydroxylation is 1. The van der Waals surface area contributed by atoms with Gasteiger partial charge in [0.25, 0.3) is 11.5 Å². The molecule has 1 amide bonds. The summed E-state index contributed by atoms with van der Waals surface area (Å²) in [6.07, 6.45) is 3.69. The minimum absolute atomic E-state index is 0.0919. The number of hydrogen-bond donors (Lipinski definition) is 0. The fourth-order valence-electron chi connectivity index (χ4n) is 4.39. The maximum atomic E-state index is 12.9. The first-order valence-corrected chi connectivity index (χ1v) is 10.3. The van der Waals surface area contributed by atoms with E-state index in [0.717, 1.165) is 43.7 Å². The van der Waals surface area contributed by atoms with Crippen LogP contribution in [0.1, 0.15) is 36.7 Å². The van der Waals surface area contributed by atoms with Crippen LogP contribution in [0.3, 0.4) is 0 Å². The lowest BCUT2D eigenvalue weighted by Crippen LogP contribution is -2.42. The van der Waals surface area contributed by atoms with E-state index in [-0.39, 0.29) is 24.0 Å². The van der Waals surface area contributed by atoms with Gasteiger partial charge in [-0.1, -0.05) is 6.07 Å². The molecule has 30 heavy (non-hydrogen) atoms. The number of piperidine rings is 1. The highest BCUT2D eigenvalue weighted by Gasteiger charge is 2.29. The van der Waals surface area contributed by atoms with Crippen LogP contribution in [0.5, 0.6) is 17.2 Å². The van der Waals surface area contributed by atoms with Crippen molar-refractivity contribution in [1.29, 1.82) is 0 Å². The van der Waals surface area contributed by atoms with Gasteiger partial charge in [-0.05, 0) is 31.4 Å². The molecular weight excluding hydrogens is 386 g/mol. The molecule has 1 aromatic heterocycles. The standard InChI is InChI=1S/C22H27N3O5/c1-28-17-7-3-8-18(29-2)22(17)30-14-21(27)24-10-4-6-15(13-24)16-12-20(26)23-19-9-5-11-25(16)19/h3,7-8,12,15H,4-6,9-11,13-14H2,1-2H3/t15-/m1/s1. The molecule has 0 saturated carbocycles. The summed E-state index contributed by atoms with van der Waals surface area (Å²) in [7, 11) is 3.10. The molecule has 4 rings (SSSR count). The minimum Gasteiger partial charge on any atom is -0.493 e. The Kier molecular flexibility index (Phi) is 5.92. The lowest BCUT2D eigenvalue weighted by molar-refractivity contribution is -0.134. The van der Waals surface area contributed by atoms with Crippen LogP contribution in [0.4, 0.5) is 0 Å². The van der Waals surface area contributed by atoms with Crippen molar-refractivity contribution in [3.63, 3.8) is 0 Å². The van der Waals surface area contributed by atoms with Gasteiger partial charge in [0.1, 0.15) is 5.82 Å². The number of nitrogens with zero attached hydrogens (tertiary/aromatic N) is 3.